The SMILES string of the molecule is CCCNC(COC(C)(C)C)c1cc(Cl)ccc1Cl. The lowest BCUT2D eigenvalue weighted by Crippen LogP contribution is -2.31. The molecule has 1 rings (SSSR count). The number of nitrogens with one attached hydrogen (secondary N) is 1. The highest BCUT2D eigenvalue weighted by Gasteiger charge is 2.18. The van der Waals surface area contributed by atoms with Gasteiger partial charge in [-0.2, -0.15) is 0 Å². The molecule has 0 spiro atoms. The van der Waals surface area contributed by atoms with Crippen LogP contribution in [0.4, 0.5) is 0 Å². The topological polar surface area (TPSA) is 21.3 Å². The average Bonchev–Trinajstić information content (AvgIpc) is 2.32. The van der Waals surface area contributed by atoms with Crippen molar-refractivity contribution in [3.05, 3.63) is 33.8 Å². The predicted octanol–water partition coefficient (Wildman–Crippen LogP) is 4.85. The smallest absolute Gasteiger partial charge is 0.0669 e. The van der Waals surface area contributed by atoms with E-state index in [1.165, 1.54) is 0 Å². The van der Waals surface area contributed by atoms with Gasteiger partial charge in [0.25, 0.3) is 0 Å². The summed E-state index contributed by atoms with van der Waals surface area (Å²) in [5.74, 6) is 0. The van der Waals surface area contributed by atoms with Gasteiger partial charge in [-0.25, -0.2) is 0 Å². The van der Waals surface area contributed by atoms with Gasteiger partial charge < -0.3 is 10.1 Å². The van der Waals surface area contributed by atoms with Gasteiger partial charge in [-0.1, -0.05) is 30.1 Å². The largest absolute Gasteiger partial charge is 0.374 e. The molecule has 2 nitrogen and oxygen atoms in total. The molecule has 1 aromatic rings. The van der Waals surface area contributed by atoms with Crippen molar-refractivity contribution in [2.75, 3.05) is 13.2 Å². The zero-order valence-corrected chi connectivity index (χ0v) is 13.6. The second-order valence-corrected chi connectivity index (χ2v) is 6.44. The van der Waals surface area contributed by atoms with Crippen molar-refractivity contribution in [2.24, 2.45) is 0 Å². The molecule has 1 N–H and O–H groups in total. The second-order valence-electron chi connectivity index (χ2n) is 5.60. The fourth-order valence-corrected chi connectivity index (χ4v) is 2.12. The van der Waals surface area contributed by atoms with Crippen molar-refractivity contribution in [2.45, 2.75) is 45.8 Å². The van der Waals surface area contributed by atoms with E-state index in [9.17, 15) is 0 Å². The van der Waals surface area contributed by atoms with E-state index >= 15 is 0 Å². The zero-order chi connectivity index (χ0) is 14.5. The van der Waals surface area contributed by atoms with E-state index in [4.69, 9.17) is 27.9 Å². The summed E-state index contributed by atoms with van der Waals surface area (Å²) < 4.78 is 5.87. The van der Waals surface area contributed by atoms with Gasteiger partial charge in [0.1, 0.15) is 0 Å². The van der Waals surface area contributed by atoms with Crippen LogP contribution in [0.25, 0.3) is 0 Å². The van der Waals surface area contributed by atoms with E-state index in [1.54, 1.807) is 6.07 Å². The Kier molecular flexibility index (Phi) is 6.61. The van der Waals surface area contributed by atoms with Crippen LogP contribution in [0.1, 0.15) is 45.7 Å². The quantitative estimate of drug-likeness (QED) is 0.811. The van der Waals surface area contributed by atoms with E-state index in [1.807, 2.05) is 32.9 Å². The third-order valence-corrected chi connectivity index (χ3v) is 3.24. The monoisotopic (exact) mass is 303 g/mol. The molecule has 0 heterocycles. The minimum Gasteiger partial charge on any atom is -0.374 e. The molecule has 1 aromatic carbocycles. The van der Waals surface area contributed by atoms with E-state index in [-0.39, 0.29) is 11.6 Å². The highest BCUT2D eigenvalue weighted by atomic mass is 35.5. The van der Waals surface area contributed by atoms with Crippen molar-refractivity contribution >= 4 is 23.2 Å². The van der Waals surface area contributed by atoms with Crippen molar-refractivity contribution in [1.82, 2.24) is 5.32 Å². The summed E-state index contributed by atoms with van der Waals surface area (Å²) in [5, 5.41) is 4.87. The summed E-state index contributed by atoms with van der Waals surface area (Å²) in [6.45, 7) is 9.76. The lowest BCUT2D eigenvalue weighted by atomic mass is 10.1. The molecule has 0 aliphatic heterocycles. The van der Waals surface area contributed by atoms with E-state index in [0.717, 1.165) is 23.6 Å². The Balaban J connectivity index is 2.85. The van der Waals surface area contributed by atoms with Crippen LogP contribution >= 0.6 is 23.2 Å². The van der Waals surface area contributed by atoms with Crippen LogP contribution in [-0.4, -0.2) is 18.8 Å². The van der Waals surface area contributed by atoms with Crippen LogP contribution in [0, 0.1) is 0 Å². The Morgan fingerprint density at radius 1 is 1.26 bits per heavy atom. The molecule has 4 heteroatoms. The Morgan fingerprint density at radius 3 is 2.53 bits per heavy atom. The first kappa shape index (κ1) is 16.8. The second kappa shape index (κ2) is 7.49. The third kappa shape index (κ3) is 6.13. The van der Waals surface area contributed by atoms with E-state index in [2.05, 4.69) is 12.2 Å². The molecular formula is C15H23Cl2NO. The normalized spacial score (nSPS) is 13.6. The van der Waals surface area contributed by atoms with Crippen LogP contribution in [0.5, 0.6) is 0 Å². The molecule has 0 aliphatic carbocycles. The number of halogens is 2. The fourth-order valence-electron chi connectivity index (χ4n) is 1.69. The van der Waals surface area contributed by atoms with Crippen molar-refractivity contribution in [3.63, 3.8) is 0 Å². The molecule has 0 fully saturated rings. The number of rotatable bonds is 6. The molecule has 1 unspecified atom stereocenters. The summed E-state index contributed by atoms with van der Waals surface area (Å²) in [7, 11) is 0. The summed E-state index contributed by atoms with van der Waals surface area (Å²) in [6, 6.07) is 5.60. The lowest BCUT2D eigenvalue weighted by molar-refractivity contribution is -0.0147. The van der Waals surface area contributed by atoms with Gasteiger partial charge >= 0.3 is 0 Å². The Bertz CT molecular complexity index is 402. The number of hydrogen-bond acceptors (Lipinski definition) is 2. The summed E-state index contributed by atoms with van der Waals surface area (Å²) >= 11 is 12.3. The molecule has 0 bridgehead atoms. The lowest BCUT2D eigenvalue weighted by Gasteiger charge is -2.26. The first-order valence-electron chi connectivity index (χ1n) is 6.66. The van der Waals surface area contributed by atoms with Gasteiger partial charge in [0.2, 0.25) is 0 Å². The molecule has 0 aliphatic rings. The number of ether oxygens (including phenoxy) is 1. The van der Waals surface area contributed by atoms with Gasteiger partial charge in [-0.3, -0.25) is 0 Å². The molecule has 0 amide bonds. The van der Waals surface area contributed by atoms with E-state index in [0.29, 0.717) is 11.6 Å². The minimum absolute atomic E-state index is 0.0605. The maximum Gasteiger partial charge on any atom is 0.0669 e. The first-order valence-corrected chi connectivity index (χ1v) is 7.41. The number of hydrogen-bond donors (Lipinski definition) is 1. The maximum absolute atomic E-state index is 6.27. The summed E-state index contributed by atoms with van der Waals surface area (Å²) in [4.78, 5) is 0. The molecule has 108 valence electrons. The highest BCUT2D eigenvalue weighted by Crippen LogP contribution is 2.27. The first-order chi connectivity index (χ1) is 8.83. The highest BCUT2D eigenvalue weighted by molar-refractivity contribution is 6.33. The third-order valence-electron chi connectivity index (χ3n) is 2.66. The molecule has 19 heavy (non-hydrogen) atoms. The van der Waals surface area contributed by atoms with Crippen LogP contribution in [-0.2, 0) is 4.74 Å². The number of benzene rings is 1. The van der Waals surface area contributed by atoms with Gasteiger partial charge in [-0.15, -0.1) is 0 Å². The van der Waals surface area contributed by atoms with Gasteiger partial charge in [0.15, 0.2) is 0 Å². The summed E-state index contributed by atoms with van der Waals surface area (Å²) in [5.41, 5.74) is 0.823. The summed E-state index contributed by atoms with van der Waals surface area (Å²) in [6.07, 6.45) is 1.06. The zero-order valence-electron chi connectivity index (χ0n) is 12.1. The van der Waals surface area contributed by atoms with Gasteiger partial charge in [-0.05, 0) is 57.5 Å². The van der Waals surface area contributed by atoms with Crippen molar-refractivity contribution < 1.29 is 4.74 Å². The van der Waals surface area contributed by atoms with Gasteiger partial charge in [0, 0.05) is 10.0 Å². The van der Waals surface area contributed by atoms with Crippen LogP contribution < -0.4 is 5.32 Å². The molecule has 0 aromatic heterocycles. The standard InChI is InChI=1S/C15H23Cl2NO/c1-5-8-18-14(10-19-15(2,3)4)12-9-11(16)6-7-13(12)17/h6-7,9,14,18H,5,8,10H2,1-4H3. The van der Waals surface area contributed by atoms with Crippen LogP contribution in [0.2, 0.25) is 10.0 Å². The fraction of sp³-hybridized carbons (Fsp3) is 0.600. The van der Waals surface area contributed by atoms with Crippen LogP contribution in [0.15, 0.2) is 18.2 Å². The molecular weight excluding hydrogens is 281 g/mol. The Morgan fingerprint density at radius 2 is 1.95 bits per heavy atom. The van der Waals surface area contributed by atoms with Crippen molar-refractivity contribution in [3.8, 4) is 0 Å². The molecule has 0 saturated heterocycles. The predicted molar refractivity (Wildman–Crippen MR) is 83.2 cm³/mol. The molecule has 1 atom stereocenters. The minimum atomic E-state index is -0.169. The van der Waals surface area contributed by atoms with Crippen LogP contribution in [0.3, 0.4) is 0 Å². The Hall–Kier alpha value is -0.280. The van der Waals surface area contributed by atoms with E-state index < -0.39 is 0 Å². The average molecular weight is 304 g/mol. The maximum atomic E-state index is 6.27. The molecule has 0 radical (unpaired) electrons. The van der Waals surface area contributed by atoms with Crippen molar-refractivity contribution in [1.29, 1.82) is 0 Å². The molecule has 0 saturated carbocycles. The van der Waals surface area contributed by atoms with Gasteiger partial charge in [0.05, 0.1) is 18.2 Å². The Labute approximate surface area is 126 Å².